The molecule has 1 aromatic carbocycles. The van der Waals surface area contributed by atoms with Crippen LogP contribution in [0.5, 0.6) is 0 Å². The van der Waals surface area contributed by atoms with Crippen molar-refractivity contribution in [2.75, 3.05) is 23.7 Å². The smallest absolute Gasteiger partial charge is 0.315 e. The van der Waals surface area contributed by atoms with Crippen LogP contribution in [-0.4, -0.2) is 18.0 Å². The molecule has 19 heavy (non-hydrogen) atoms. The van der Waals surface area contributed by atoms with Gasteiger partial charge in [-0.2, -0.15) is 0 Å². The maximum absolute atomic E-state index is 11.3. The molecule has 1 saturated carbocycles. The zero-order valence-electron chi connectivity index (χ0n) is 11.5. The van der Waals surface area contributed by atoms with E-state index in [-0.39, 0.29) is 10.6 Å². The van der Waals surface area contributed by atoms with Crippen LogP contribution in [0.25, 0.3) is 0 Å². The second-order valence-electron chi connectivity index (χ2n) is 5.20. The zero-order valence-corrected chi connectivity index (χ0v) is 11.5. The average Bonchev–Trinajstić information content (AvgIpc) is 3.17. The molecule has 2 N–H and O–H groups in total. The first-order valence-corrected chi connectivity index (χ1v) is 6.87. The Morgan fingerprint density at radius 2 is 1.89 bits per heavy atom. The molecule has 1 aliphatic rings. The number of benzene rings is 1. The largest absolute Gasteiger partial charge is 0.380 e. The van der Waals surface area contributed by atoms with Crippen molar-refractivity contribution in [2.24, 2.45) is 5.41 Å². The number of nitrogens with one attached hydrogen (secondary N) is 2. The minimum atomic E-state index is -0.314. The lowest BCUT2D eigenvalue weighted by Crippen LogP contribution is -2.15. The molecule has 5 heteroatoms. The van der Waals surface area contributed by atoms with E-state index in [1.54, 1.807) is 12.1 Å². The van der Waals surface area contributed by atoms with Crippen molar-refractivity contribution in [1.29, 1.82) is 0 Å². The van der Waals surface area contributed by atoms with Gasteiger partial charge in [-0.1, -0.05) is 13.0 Å². The second-order valence-corrected chi connectivity index (χ2v) is 5.20. The molecule has 1 aromatic rings. The summed E-state index contributed by atoms with van der Waals surface area (Å²) in [4.78, 5) is 10.9. The summed E-state index contributed by atoms with van der Waals surface area (Å²) in [5.41, 5.74) is 1.71. The first-order valence-electron chi connectivity index (χ1n) is 6.87. The van der Waals surface area contributed by atoms with Gasteiger partial charge in [0.25, 0.3) is 0 Å². The number of hydrogen-bond acceptors (Lipinski definition) is 4. The fourth-order valence-electron chi connectivity index (χ4n) is 2.33. The Labute approximate surface area is 113 Å². The Morgan fingerprint density at radius 3 is 2.37 bits per heavy atom. The first-order chi connectivity index (χ1) is 9.12. The van der Waals surface area contributed by atoms with E-state index in [0.717, 1.165) is 13.0 Å². The van der Waals surface area contributed by atoms with Crippen molar-refractivity contribution in [2.45, 2.75) is 33.1 Å². The fraction of sp³-hybridized carbons (Fsp3) is 0.571. The molecule has 0 bridgehead atoms. The van der Waals surface area contributed by atoms with E-state index in [0.29, 0.717) is 23.3 Å². The lowest BCUT2D eigenvalue weighted by Gasteiger charge is -2.15. The molecule has 0 amide bonds. The molecule has 1 aliphatic carbocycles. The summed E-state index contributed by atoms with van der Waals surface area (Å²) in [5.74, 6) is 0. The number of nitrogens with zero attached hydrogens (tertiary/aromatic N) is 1. The van der Waals surface area contributed by atoms with Crippen LogP contribution in [0.2, 0.25) is 0 Å². The number of para-hydroxylation sites is 1. The minimum Gasteiger partial charge on any atom is -0.380 e. The maximum atomic E-state index is 11.3. The van der Waals surface area contributed by atoms with Gasteiger partial charge < -0.3 is 10.6 Å². The van der Waals surface area contributed by atoms with Gasteiger partial charge >= 0.3 is 5.69 Å². The van der Waals surface area contributed by atoms with Gasteiger partial charge in [-0.3, -0.25) is 10.1 Å². The van der Waals surface area contributed by atoms with Gasteiger partial charge in [-0.05, 0) is 43.7 Å². The third kappa shape index (κ3) is 2.97. The van der Waals surface area contributed by atoms with Crippen molar-refractivity contribution < 1.29 is 4.92 Å². The Hall–Kier alpha value is -1.78. The van der Waals surface area contributed by atoms with Crippen molar-refractivity contribution in [1.82, 2.24) is 0 Å². The number of rotatable bonds is 7. The molecule has 0 aromatic heterocycles. The molecular formula is C14H21N3O2. The summed E-state index contributed by atoms with van der Waals surface area (Å²) in [6, 6.07) is 5.38. The van der Waals surface area contributed by atoms with Crippen molar-refractivity contribution in [3.05, 3.63) is 28.3 Å². The highest BCUT2D eigenvalue weighted by Crippen LogP contribution is 2.49. The van der Waals surface area contributed by atoms with Crippen LogP contribution in [0.3, 0.4) is 0 Å². The molecule has 0 atom stereocenters. The predicted molar refractivity (Wildman–Crippen MR) is 77.7 cm³/mol. The Kier molecular flexibility index (Phi) is 3.93. The van der Waals surface area contributed by atoms with Gasteiger partial charge in [-0.15, -0.1) is 0 Å². The monoisotopic (exact) mass is 263 g/mol. The van der Waals surface area contributed by atoms with Crippen LogP contribution in [-0.2, 0) is 0 Å². The van der Waals surface area contributed by atoms with Crippen LogP contribution in [0, 0.1) is 15.5 Å². The van der Waals surface area contributed by atoms with Gasteiger partial charge in [0.2, 0.25) is 0 Å². The molecule has 0 radical (unpaired) electrons. The van der Waals surface area contributed by atoms with Crippen molar-refractivity contribution in [3.8, 4) is 0 Å². The SMILES string of the molecule is CCNc1cccc(NCC2(CC)CC2)c1[N+](=O)[O-]. The first kappa shape index (κ1) is 13.6. The number of anilines is 2. The number of nitro benzene ring substituents is 1. The topological polar surface area (TPSA) is 67.2 Å². The van der Waals surface area contributed by atoms with E-state index in [1.165, 1.54) is 12.8 Å². The summed E-state index contributed by atoms with van der Waals surface area (Å²) in [6.07, 6.45) is 3.56. The zero-order chi connectivity index (χ0) is 13.9. The molecule has 5 nitrogen and oxygen atoms in total. The van der Waals surface area contributed by atoms with E-state index >= 15 is 0 Å². The summed E-state index contributed by atoms with van der Waals surface area (Å²) in [7, 11) is 0. The van der Waals surface area contributed by atoms with E-state index in [2.05, 4.69) is 17.6 Å². The molecule has 2 rings (SSSR count). The van der Waals surface area contributed by atoms with Gasteiger partial charge in [0, 0.05) is 13.1 Å². The summed E-state index contributed by atoms with van der Waals surface area (Å²) in [5, 5.41) is 17.6. The lowest BCUT2D eigenvalue weighted by atomic mass is 10.0. The molecule has 104 valence electrons. The summed E-state index contributed by atoms with van der Waals surface area (Å²) < 4.78 is 0. The Balaban J connectivity index is 2.19. The highest BCUT2D eigenvalue weighted by Gasteiger charge is 2.40. The number of nitro groups is 1. The van der Waals surface area contributed by atoms with Gasteiger partial charge in [0.1, 0.15) is 11.4 Å². The van der Waals surface area contributed by atoms with Crippen molar-refractivity contribution >= 4 is 17.1 Å². The predicted octanol–water partition coefficient (Wildman–Crippen LogP) is 3.63. The van der Waals surface area contributed by atoms with Crippen LogP contribution in [0.15, 0.2) is 18.2 Å². The van der Waals surface area contributed by atoms with E-state index in [9.17, 15) is 10.1 Å². The standard InChI is InChI=1S/C14H21N3O2/c1-3-14(8-9-14)10-16-12-7-5-6-11(15-4-2)13(12)17(18)19/h5-7,15-16H,3-4,8-10H2,1-2H3. The molecule has 0 unspecified atom stereocenters. The summed E-state index contributed by atoms with van der Waals surface area (Å²) >= 11 is 0. The highest BCUT2D eigenvalue weighted by molar-refractivity contribution is 5.76. The lowest BCUT2D eigenvalue weighted by molar-refractivity contribution is -0.383. The molecule has 0 spiro atoms. The third-order valence-electron chi connectivity index (χ3n) is 3.95. The van der Waals surface area contributed by atoms with Crippen LogP contribution >= 0.6 is 0 Å². The number of hydrogen-bond donors (Lipinski definition) is 2. The Morgan fingerprint density at radius 1 is 1.26 bits per heavy atom. The van der Waals surface area contributed by atoms with Gasteiger partial charge in [0.05, 0.1) is 4.92 Å². The van der Waals surface area contributed by atoms with Crippen LogP contribution < -0.4 is 10.6 Å². The Bertz CT molecular complexity index is 470. The maximum Gasteiger partial charge on any atom is 0.315 e. The van der Waals surface area contributed by atoms with E-state index < -0.39 is 0 Å². The highest BCUT2D eigenvalue weighted by atomic mass is 16.6. The normalized spacial score (nSPS) is 15.9. The second kappa shape index (κ2) is 5.47. The van der Waals surface area contributed by atoms with E-state index in [1.807, 2.05) is 13.0 Å². The molecule has 0 saturated heterocycles. The molecule has 0 aliphatic heterocycles. The summed E-state index contributed by atoms with van der Waals surface area (Å²) in [6.45, 7) is 5.60. The molecular weight excluding hydrogens is 242 g/mol. The van der Waals surface area contributed by atoms with Crippen LogP contribution in [0.4, 0.5) is 17.1 Å². The molecule has 1 fully saturated rings. The minimum absolute atomic E-state index is 0.149. The molecule has 0 heterocycles. The van der Waals surface area contributed by atoms with Gasteiger partial charge in [0.15, 0.2) is 0 Å². The average molecular weight is 263 g/mol. The third-order valence-corrected chi connectivity index (χ3v) is 3.95. The van der Waals surface area contributed by atoms with Crippen molar-refractivity contribution in [3.63, 3.8) is 0 Å². The quantitative estimate of drug-likeness (QED) is 0.582. The van der Waals surface area contributed by atoms with E-state index in [4.69, 9.17) is 0 Å². The van der Waals surface area contributed by atoms with Crippen LogP contribution in [0.1, 0.15) is 33.1 Å². The van der Waals surface area contributed by atoms with Gasteiger partial charge in [-0.25, -0.2) is 0 Å². The fourth-order valence-corrected chi connectivity index (χ4v) is 2.33.